The third kappa shape index (κ3) is 2.62. The highest BCUT2D eigenvalue weighted by Crippen LogP contribution is 2.28. The summed E-state index contributed by atoms with van der Waals surface area (Å²) in [6, 6.07) is 3.87. The minimum absolute atomic E-state index is 0.232. The van der Waals surface area contributed by atoms with Crippen LogP contribution in [0.25, 0.3) is 5.70 Å². The Morgan fingerprint density at radius 2 is 1.68 bits per heavy atom. The van der Waals surface area contributed by atoms with E-state index < -0.39 is 0 Å². The third-order valence-electron chi connectivity index (χ3n) is 3.75. The van der Waals surface area contributed by atoms with Gasteiger partial charge in [-0.15, -0.1) is 0 Å². The lowest BCUT2D eigenvalue weighted by Crippen LogP contribution is -2.10. The zero-order valence-electron chi connectivity index (χ0n) is 12.8. The minimum atomic E-state index is 0.232. The Morgan fingerprint density at radius 1 is 1.05 bits per heavy atom. The molecule has 0 aromatic carbocycles. The lowest BCUT2D eigenvalue weighted by atomic mass is 10.0. The third-order valence-corrected chi connectivity index (χ3v) is 3.92. The summed E-state index contributed by atoms with van der Waals surface area (Å²) in [5.41, 5.74) is 4.80. The Kier molecular flexibility index (Phi) is 3.94. The first-order valence-corrected chi connectivity index (χ1v) is 7.48. The van der Waals surface area contributed by atoms with E-state index in [-0.39, 0.29) is 5.29 Å². The number of nitrogens with zero attached hydrogens (tertiary/aromatic N) is 6. The molecule has 114 valence electrons. The smallest absolute Gasteiger partial charge is 0.223 e. The fourth-order valence-corrected chi connectivity index (χ4v) is 2.76. The molecular formula is C15H17ClN6. The molecule has 0 saturated heterocycles. The van der Waals surface area contributed by atoms with Crippen molar-refractivity contribution < 1.29 is 0 Å². The molecule has 0 spiro atoms. The molecule has 0 aliphatic carbocycles. The standard InChI is InChI=1S/C15H17ClN6/c1-4-10-9-11(12-5-7-17-21(12)2)19-15(16)20-14(10)13-6-8-18-22(13)3/h5-8H,4,9H2,1-3H3. The maximum atomic E-state index is 6.24. The Morgan fingerprint density at radius 3 is 2.23 bits per heavy atom. The molecule has 0 atom stereocenters. The van der Waals surface area contributed by atoms with Gasteiger partial charge >= 0.3 is 0 Å². The van der Waals surface area contributed by atoms with Gasteiger partial charge in [0, 0.05) is 32.9 Å². The summed E-state index contributed by atoms with van der Waals surface area (Å²) in [5, 5.41) is 8.65. The number of rotatable bonds is 3. The monoisotopic (exact) mass is 316 g/mol. The van der Waals surface area contributed by atoms with Crippen LogP contribution in [0, 0.1) is 0 Å². The fourth-order valence-electron chi connectivity index (χ4n) is 2.57. The van der Waals surface area contributed by atoms with E-state index in [1.807, 2.05) is 26.2 Å². The van der Waals surface area contributed by atoms with Gasteiger partial charge in [-0.3, -0.25) is 9.36 Å². The van der Waals surface area contributed by atoms with Gasteiger partial charge in [-0.25, -0.2) is 9.98 Å². The van der Waals surface area contributed by atoms with Crippen LogP contribution in [0.2, 0.25) is 0 Å². The summed E-state index contributed by atoms with van der Waals surface area (Å²) in [6.07, 6.45) is 5.07. The molecule has 0 radical (unpaired) electrons. The molecule has 3 rings (SSSR count). The Hall–Kier alpha value is -2.21. The van der Waals surface area contributed by atoms with Gasteiger partial charge in [0.05, 0.1) is 22.8 Å². The Labute approximate surface area is 133 Å². The number of hydrogen-bond acceptors (Lipinski definition) is 4. The van der Waals surface area contributed by atoms with Crippen LogP contribution in [-0.2, 0) is 14.1 Å². The van der Waals surface area contributed by atoms with Crippen LogP contribution in [0.15, 0.2) is 40.1 Å². The van der Waals surface area contributed by atoms with Gasteiger partial charge in [-0.1, -0.05) is 6.92 Å². The van der Waals surface area contributed by atoms with Crippen molar-refractivity contribution in [2.24, 2.45) is 24.1 Å². The van der Waals surface area contributed by atoms with Crippen molar-refractivity contribution in [1.82, 2.24) is 19.6 Å². The number of allylic oxidation sites excluding steroid dienone is 1. The SMILES string of the molecule is CCC1=C(c2ccnn2C)N=C(Cl)N=C(c2ccnn2C)C1. The number of aromatic nitrogens is 4. The van der Waals surface area contributed by atoms with Crippen LogP contribution in [0.3, 0.4) is 0 Å². The van der Waals surface area contributed by atoms with E-state index in [4.69, 9.17) is 11.6 Å². The summed E-state index contributed by atoms with van der Waals surface area (Å²) in [5.74, 6) is 0. The molecule has 7 heteroatoms. The van der Waals surface area contributed by atoms with Crippen molar-refractivity contribution in [3.63, 3.8) is 0 Å². The van der Waals surface area contributed by atoms with Crippen LogP contribution in [0.5, 0.6) is 0 Å². The van der Waals surface area contributed by atoms with E-state index in [0.29, 0.717) is 6.42 Å². The minimum Gasteiger partial charge on any atom is -0.267 e. The highest BCUT2D eigenvalue weighted by atomic mass is 35.5. The van der Waals surface area contributed by atoms with Gasteiger partial charge in [-0.2, -0.15) is 10.2 Å². The highest BCUT2D eigenvalue weighted by Gasteiger charge is 2.20. The summed E-state index contributed by atoms with van der Waals surface area (Å²) < 4.78 is 3.60. The van der Waals surface area contributed by atoms with Crippen LogP contribution >= 0.6 is 11.6 Å². The van der Waals surface area contributed by atoms with Gasteiger partial charge in [0.25, 0.3) is 0 Å². The second-order valence-electron chi connectivity index (χ2n) is 5.10. The maximum absolute atomic E-state index is 6.24. The van der Waals surface area contributed by atoms with Crippen molar-refractivity contribution >= 4 is 28.3 Å². The molecule has 2 aromatic rings. The van der Waals surface area contributed by atoms with Crippen molar-refractivity contribution in [3.8, 4) is 0 Å². The molecule has 22 heavy (non-hydrogen) atoms. The molecule has 0 saturated carbocycles. The van der Waals surface area contributed by atoms with Crippen molar-refractivity contribution in [3.05, 3.63) is 41.5 Å². The Balaban J connectivity index is 2.10. The van der Waals surface area contributed by atoms with Crippen LogP contribution in [-0.4, -0.2) is 30.6 Å². The molecular weight excluding hydrogens is 300 g/mol. The summed E-state index contributed by atoms with van der Waals surface area (Å²) in [7, 11) is 3.79. The molecule has 0 amide bonds. The quantitative estimate of drug-likeness (QED) is 0.817. The molecule has 1 aliphatic heterocycles. The first kappa shape index (κ1) is 14.7. The second-order valence-corrected chi connectivity index (χ2v) is 5.44. The lowest BCUT2D eigenvalue weighted by molar-refractivity contribution is 0.752. The maximum Gasteiger partial charge on any atom is 0.223 e. The number of amidine groups is 1. The van der Waals surface area contributed by atoms with Gasteiger partial charge in [0.15, 0.2) is 0 Å². The Bertz CT molecular complexity index is 793. The van der Waals surface area contributed by atoms with Gasteiger partial charge in [-0.05, 0) is 35.7 Å². The fraction of sp³-hybridized carbons (Fsp3) is 0.333. The van der Waals surface area contributed by atoms with E-state index in [0.717, 1.165) is 29.2 Å². The number of aryl methyl sites for hydroxylation is 2. The van der Waals surface area contributed by atoms with E-state index in [2.05, 4.69) is 27.1 Å². The largest absolute Gasteiger partial charge is 0.267 e. The second kappa shape index (κ2) is 5.88. The van der Waals surface area contributed by atoms with Crippen LogP contribution < -0.4 is 0 Å². The molecule has 0 fully saturated rings. The van der Waals surface area contributed by atoms with Crippen LogP contribution in [0.4, 0.5) is 0 Å². The topological polar surface area (TPSA) is 60.4 Å². The van der Waals surface area contributed by atoms with E-state index in [1.165, 1.54) is 5.57 Å². The first-order chi connectivity index (χ1) is 10.6. The molecule has 3 heterocycles. The highest BCUT2D eigenvalue weighted by molar-refractivity contribution is 6.66. The lowest BCUT2D eigenvalue weighted by Gasteiger charge is -2.10. The molecule has 0 bridgehead atoms. The van der Waals surface area contributed by atoms with E-state index in [9.17, 15) is 0 Å². The van der Waals surface area contributed by atoms with Gasteiger partial charge in [0.2, 0.25) is 5.29 Å². The average molecular weight is 317 g/mol. The normalized spacial score (nSPS) is 15.6. The predicted molar refractivity (Wildman–Crippen MR) is 88.1 cm³/mol. The molecule has 0 unspecified atom stereocenters. The van der Waals surface area contributed by atoms with E-state index >= 15 is 0 Å². The first-order valence-electron chi connectivity index (χ1n) is 7.10. The molecule has 2 aromatic heterocycles. The van der Waals surface area contributed by atoms with Crippen molar-refractivity contribution in [2.75, 3.05) is 0 Å². The summed E-state index contributed by atoms with van der Waals surface area (Å²) in [6.45, 7) is 2.11. The predicted octanol–water partition coefficient (Wildman–Crippen LogP) is 2.76. The number of aliphatic imine (C=N–C) groups is 2. The molecule has 6 nitrogen and oxygen atoms in total. The summed E-state index contributed by atoms with van der Waals surface area (Å²) >= 11 is 6.24. The van der Waals surface area contributed by atoms with Crippen LogP contribution in [0.1, 0.15) is 31.2 Å². The van der Waals surface area contributed by atoms with Gasteiger partial charge < -0.3 is 0 Å². The number of halogens is 1. The van der Waals surface area contributed by atoms with Crippen molar-refractivity contribution in [2.45, 2.75) is 19.8 Å². The van der Waals surface area contributed by atoms with E-state index in [1.54, 1.807) is 21.8 Å². The zero-order chi connectivity index (χ0) is 15.7. The zero-order valence-corrected chi connectivity index (χ0v) is 13.5. The summed E-state index contributed by atoms with van der Waals surface area (Å²) in [4.78, 5) is 8.97. The van der Waals surface area contributed by atoms with Gasteiger partial charge in [0.1, 0.15) is 0 Å². The average Bonchev–Trinajstić information content (AvgIpc) is 3.06. The van der Waals surface area contributed by atoms with Crippen molar-refractivity contribution in [1.29, 1.82) is 0 Å². The molecule has 0 N–H and O–H groups in total. The number of hydrogen-bond donors (Lipinski definition) is 0. The molecule has 1 aliphatic rings.